The molecule has 2 aromatic rings. The zero-order valence-electron chi connectivity index (χ0n) is 23.2. The summed E-state index contributed by atoms with van der Waals surface area (Å²) in [6.45, 7) is 28.6. The second kappa shape index (κ2) is 11.0. The van der Waals surface area contributed by atoms with E-state index in [1.807, 2.05) is 11.3 Å². The van der Waals surface area contributed by atoms with E-state index in [4.69, 9.17) is 0 Å². The highest BCUT2D eigenvalue weighted by atomic mass is 32.1. The molecule has 0 amide bonds. The Morgan fingerprint density at radius 3 is 1.30 bits per heavy atom. The third-order valence-corrected chi connectivity index (χ3v) is 21.7. The molecule has 0 aliphatic carbocycles. The van der Waals surface area contributed by atoms with E-state index in [1.54, 1.807) is 0 Å². The summed E-state index contributed by atoms with van der Waals surface area (Å²) in [5.74, 6) is 7.39. The van der Waals surface area contributed by atoms with Crippen molar-refractivity contribution in [1.82, 2.24) is 0 Å². The van der Waals surface area contributed by atoms with Crippen molar-refractivity contribution in [2.45, 2.75) is 116 Å². The van der Waals surface area contributed by atoms with Crippen LogP contribution in [0.25, 0.3) is 10.1 Å². The van der Waals surface area contributed by atoms with Crippen LogP contribution in [0.4, 0.5) is 0 Å². The van der Waals surface area contributed by atoms with Gasteiger partial charge in [0, 0.05) is 16.5 Å². The maximum Gasteiger partial charge on any atom is 0.146 e. The first-order valence-electron chi connectivity index (χ1n) is 12.9. The van der Waals surface area contributed by atoms with Gasteiger partial charge in [-0.1, -0.05) is 94.9 Å². The molecule has 3 heteroatoms. The van der Waals surface area contributed by atoms with Crippen LogP contribution in [0.2, 0.25) is 33.2 Å². The lowest BCUT2D eigenvalue weighted by Gasteiger charge is -2.38. The zero-order chi connectivity index (χ0) is 25.1. The Balaban J connectivity index is 2.64. The van der Waals surface area contributed by atoms with Gasteiger partial charge in [-0.25, -0.2) is 0 Å². The van der Waals surface area contributed by atoms with Gasteiger partial charge in [0.05, 0.1) is 4.70 Å². The van der Waals surface area contributed by atoms with E-state index in [0.29, 0.717) is 33.2 Å². The van der Waals surface area contributed by atoms with Crippen LogP contribution in [0.1, 0.15) is 94.2 Å². The summed E-state index contributed by atoms with van der Waals surface area (Å²) < 4.78 is 1.30. The molecule has 0 aliphatic rings. The molecular weight excluding hydrogens is 449 g/mol. The van der Waals surface area contributed by atoms with Crippen molar-refractivity contribution < 1.29 is 0 Å². The van der Waals surface area contributed by atoms with Crippen molar-refractivity contribution in [3.63, 3.8) is 0 Å². The summed E-state index contributed by atoms with van der Waals surface area (Å²) in [6, 6.07) is 6.71. The highest BCUT2D eigenvalue weighted by Gasteiger charge is 2.42. The smallest absolute Gasteiger partial charge is 0.142 e. The van der Waals surface area contributed by atoms with E-state index >= 15 is 0 Å². The van der Waals surface area contributed by atoms with E-state index in [2.05, 4.69) is 130 Å². The van der Waals surface area contributed by atoms with Crippen LogP contribution in [-0.4, -0.2) is 16.1 Å². The standard InChI is InChI=1S/C30H46SSi2/c1-21(2)32(22(3)4,23(5)6)19-16-27-13-14-28(30-29(27)15-18-31-30)17-20-33(24(7)8,25(9)10)26(11)12/h13-15,18,21-26H,1-12H3. The molecule has 0 atom stereocenters. The Bertz CT molecular complexity index is 934. The number of thiophene rings is 1. The van der Waals surface area contributed by atoms with Gasteiger partial charge in [-0.15, -0.1) is 22.4 Å². The van der Waals surface area contributed by atoms with Crippen LogP contribution >= 0.6 is 11.3 Å². The van der Waals surface area contributed by atoms with Crippen molar-refractivity contribution in [1.29, 1.82) is 0 Å². The summed E-state index contributed by atoms with van der Waals surface area (Å²) >= 11 is 1.81. The molecule has 0 radical (unpaired) electrons. The normalized spacial score (nSPS) is 12.8. The average molecular weight is 495 g/mol. The Hall–Kier alpha value is -1.27. The first kappa shape index (κ1) is 28.0. The van der Waals surface area contributed by atoms with Gasteiger partial charge in [0.2, 0.25) is 0 Å². The summed E-state index contributed by atoms with van der Waals surface area (Å²) in [5, 5.41) is 3.49. The monoisotopic (exact) mass is 494 g/mol. The molecule has 0 aliphatic heterocycles. The number of fused-ring (bicyclic) bond motifs is 1. The SMILES string of the molecule is CC(C)[Si](C#Cc1ccc(C#C[Si](C(C)C)(C(C)C)C(C)C)c2sccc12)(C(C)C)C(C)C. The second-order valence-corrected chi connectivity index (χ2v) is 23.7. The van der Waals surface area contributed by atoms with Crippen LogP contribution in [0.3, 0.4) is 0 Å². The van der Waals surface area contributed by atoms with Crippen molar-refractivity contribution in [3.8, 4) is 22.9 Å². The van der Waals surface area contributed by atoms with Gasteiger partial charge in [0.15, 0.2) is 0 Å². The molecule has 0 fully saturated rings. The average Bonchev–Trinajstić information content (AvgIpc) is 3.18. The fourth-order valence-electron chi connectivity index (χ4n) is 6.49. The summed E-state index contributed by atoms with van der Waals surface area (Å²) in [6.07, 6.45) is 0. The van der Waals surface area contributed by atoms with E-state index in [9.17, 15) is 0 Å². The topological polar surface area (TPSA) is 0 Å². The minimum absolute atomic E-state index is 0.647. The molecule has 0 unspecified atom stereocenters. The van der Waals surface area contributed by atoms with Gasteiger partial charge in [-0.2, -0.15) is 0 Å². The van der Waals surface area contributed by atoms with Crippen molar-refractivity contribution in [2.24, 2.45) is 0 Å². The van der Waals surface area contributed by atoms with Gasteiger partial charge in [0.25, 0.3) is 0 Å². The summed E-state index contributed by atoms with van der Waals surface area (Å²) in [4.78, 5) is 0. The molecule has 1 aromatic carbocycles. The minimum atomic E-state index is -1.75. The lowest BCUT2D eigenvalue weighted by molar-refractivity contribution is 0.838. The van der Waals surface area contributed by atoms with Crippen LogP contribution in [0, 0.1) is 22.9 Å². The molecule has 1 heterocycles. The molecule has 2 rings (SSSR count). The second-order valence-electron chi connectivity index (χ2n) is 11.6. The first-order valence-corrected chi connectivity index (χ1v) is 18.2. The zero-order valence-corrected chi connectivity index (χ0v) is 26.0. The molecule has 0 bridgehead atoms. The Kier molecular flexibility index (Phi) is 9.31. The van der Waals surface area contributed by atoms with Gasteiger partial charge >= 0.3 is 0 Å². The number of hydrogen-bond donors (Lipinski definition) is 0. The molecule has 0 nitrogen and oxygen atoms in total. The van der Waals surface area contributed by atoms with Crippen LogP contribution in [-0.2, 0) is 0 Å². The van der Waals surface area contributed by atoms with Crippen LogP contribution in [0.5, 0.6) is 0 Å². The molecule has 1 aromatic heterocycles. The van der Waals surface area contributed by atoms with Crippen molar-refractivity contribution in [2.75, 3.05) is 0 Å². The maximum absolute atomic E-state index is 3.92. The molecular formula is C30H46SSi2. The van der Waals surface area contributed by atoms with E-state index in [-0.39, 0.29) is 0 Å². The van der Waals surface area contributed by atoms with Crippen molar-refractivity contribution in [3.05, 3.63) is 34.7 Å². The highest BCUT2D eigenvalue weighted by molar-refractivity contribution is 7.17. The Morgan fingerprint density at radius 2 is 0.909 bits per heavy atom. The Morgan fingerprint density at radius 1 is 0.545 bits per heavy atom. The predicted molar refractivity (Wildman–Crippen MR) is 158 cm³/mol. The van der Waals surface area contributed by atoms with Crippen molar-refractivity contribution >= 4 is 37.6 Å². The predicted octanol–water partition coefficient (Wildman–Crippen LogP) is 10.0. The molecule has 0 saturated heterocycles. The number of rotatable bonds is 6. The van der Waals surface area contributed by atoms with E-state index in [1.165, 1.54) is 21.2 Å². The summed E-state index contributed by atoms with van der Waals surface area (Å²) in [5.41, 5.74) is 14.1. The Labute approximate surface area is 211 Å². The first-order chi connectivity index (χ1) is 15.3. The van der Waals surface area contributed by atoms with Gasteiger partial charge in [-0.05, 0) is 56.8 Å². The van der Waals surface area contributed by atoms with E-state index < -0.39 is 16.1 Å². The van der Waals surface area contributed by atoms with Gasteiger partial charge in [-0.3, -0.25) is 0 Å². The fraction of sp³-hybridized carbons (Fsp3) is 0.600. The molecule has 180 valence electrons. The number of benzene rings is 1. The summed E-state index contributed by atoms with van der Waals surface area (Å²) in [7, 11) is -3.50. The largest absolute Gasteiger partial charge is 0.146 e. The fourth-order valence-corrected chi connectivity index (χ4v) is 17.8. The molecule has 0 N–H and O–H groups in total. The van der Waals surface area contributed by atoms with Crippen LogP contribution < -0.4 is 0 Å². The lowest BCUT2D eigenvalue weighted by atomic mass is 10.1. The lowest BCUT2D eigenvalue weighted by Crippen LogP contribution is -2.43. The molecule has 0 spiro atoms. The van der Waals surface area contributed by atoms with Gasteiger partial charge in [0.1, 0.15) is 16.1 Å². The minimum Gasteiger partial charge on any atom is -0.142 e. The number of hydrogen-bond acceptors (Lipinski definition) is 1. The van der Waals surface area contributed by atoms with E-state index in [0.717, 1.165) is 0 Å². The third-order valence-electron chi connectivity index (χ3n) is 8.18. The molecule has 0 saturated carbocycles. The maximum atomic E-state index is 3.92. The third kappa shape index (κ3) is 5.22. The quantitative estimate of drug-likeness (QED) is 0.277. The van der Waals surface area contributed by atoms with Crippen LogP contribution in [0.15, 0.2) is 23.6 Å². The van der Waals surface area contributed by atoms with Gasteiger partial charge < -0.3 is 0 Å². The highest BCUT2D eigenvalue weighted by Crippen LogP contribution is 2.42. The molecule has 33 heavy (non-hydrogen) atoms.